The van der Waals surface area contributed by atoms with Gasteiger partial charge in [0, 0.05) is 16.0 Å². The molecule has 0 aliphatic rings. The second-order valence-electron chi connectivity index (χ2n) is 5.79. The Labute approximate surface area is 165 Å². The molecule has 0 amide bonds. The second-order valence-corrected chi connectivity index (χ2v) is 7.09. The maximum Gasteiger partial charge on any atom is 0.196 e. The highest BCUT2D eigenvalue weighted by Crippen LogP contribution is 2.24. The molecule has 0 unspecified atom stereocenters. The zero-order chi connectivity index (χ0) is 18.6. The Morgan fingerprint density at radius 3 is 2.59 bits per heavy atom. The van der Waals surface area contributed by atoms with Gasteiger partial charge in [-0.1, -0.05) is 54.1 Å². The molecule has 4 nitrogen and oxygen atoms in total. The summed E-state index contributed by atoms with van der Waals surface area (Å²) in [6.45, 7) is 0. The Morgan fingerprint density at radius 2 is 1.81 bits per heavy atom. The zero-order valence-corrected chi connectivity index (χ0v) is 15.6. The average Bonchev–Trinajstić information content (AvgIpc) is 3.19. The molecule has 1 aromatic heterocycles. The summed E-state index contributed by atoms with van der Waals surface area (Å²) in [5.74, 6) is 0. The van der Waals surface area contributed by atoms with E-state index in [9.17, 15) is 5.26 Å². The van der Waals surface area contributed by atoms with Gasteiger partial charge in [0.15, 0.2) is 10.7 Å². The predicted molar refractivity (Wildman–Crippen MR) is 112 cm³/mol. The van der Waals surface area contributed by atoms with Crippen molar-refractivity contribution in [1.29, 1.82) is 5.26 Å². The third kappa shape index (κ3) is 3.82. The van der Waals surface area contributed by atoms with Gasteiger partial charge in [0.25, 0.3) is 0 Å². The van der Waals surface area contributed by atoms with Crippen molar-refractivity contribution >= 4 is 45.1 Å². The molecule has 0 atom stereocenters. The molecule has 0 aliphatic carbocycles. The molecular weight excluding hydrogens is 376 g/mol. The summed E-state index contributed by atoms with van der Waals surface area (Å²) in [4.78, 5) is 4.53. The Balaban J connectivity index is 1.58. The van der Waals surface area contributed by atoms with Gasteiger partial charge in [-0.3, -0.25) is 5.43 Å². The largest absolute Gasteiger partial charge is 0.277 e. The molecule has 27 heavy (non-hydrogen) atoms. The molecule has 4 rings (SSSR count). The number of hydrogen-bond acceptors (Lipinski definition) is 5. The first-order valence-electron chi connectivity index (χ1n) is 8.17. The van der Waals surface area contributed by atoms with Crippen LogP contribution in [0.2, 0.25) is 5.02 Å². The monoisotopic (exact) mass is 388 g/mol. The van der Waals surface area contributed by atoms with Crippen LogP contribution in [-0.2, 0) is 0 Å². The van der Waals surface area contributed by atoms with Crippen LogP contribution in [-0.4, -0.2) is 10.7 Å². The maximum absolute atomic E-state index is 9.47. The molecule has 0 saturated carbocycles. The van der Waals surface area contributed by atoms with Crippen molar-refractivity contribution in [2.75, 3.05) is 5.43 Å². The summed E-state index contributed by atoms with van der Waals surface area (Å²) in [5, 5.41) is 19.1. The van der Waals surface area contributed by atoms with Crippen molar-refractivity contribution in [1.82, 2.24) is 4.98 Å². The molecule has 1 heterocycles. The molecule has 0 fully saturated rings. The number of anilines is 1. The number of rotatable bonds is 4. The standard InChI is InChI=1S/C21H13ClN4S/c22-17-8-5-15(6-9-17)20-13-27-21(24-20)19(12-23)26-25-18-10-7-14-3-1-2-4-16(14)11-18/h1-11,13,25H/b26-19-. The van der Waals surface area contributed by atoms with Crippen molar-refractivity contribution < 1.29 is 0 Å². The number of nitrogens with one attached hydrogen (secondary N) is 1. The highest BCUT2D eigenvalue weighted by Gasteiger charge is 2.10. The second kappa shape index (κ2) is 7.58. The first-order chi connectivity index (χ1) is 13.2. The molecule has 0 saturated heterocycles. The normalized spacial score (nSPS) is 11.3. The Bertz CT molecular complexity index is 1170. The Hall–Kier alpha value is -3.20. The summed E-state index contributed by atoms with van der Waals surface area (Å²) in [7, 11) is 0. The molecule has 4 aromatic rings. The number of halogens is 1. The van der Waals surface area contributed by atoms with E-state index in [4.69, 9.17) is 11.6 Å². The Morgan fingerprint density at radius 1 is 1.04 bits per heavy atom. The van der Waals surface area contributed by atoms with Crippen LogP contribution in [0.3, 0.4) is 0 Å². The van der Waals surface area contributed by atoms with Gasteiger partial charge < -0.3 is 0 Å². The van der Waals surface area contributed by atoms with Crippen LogP contribution in [0.4, 0.5) is 5.69 Å². The van der Waals surface area contributed by atoms with Crippen LogP contribution in [0, 0.1) is 11.3 Å². The molecule has 0 radical (unpaired) electrons. The number of benzene rings is 3. The van der Waals surface area contributed by atoms with E-state index in [1.807, 2.05) is 66.0 Å². The molecule has 6 heteroatoms. The molecule has 3 aromatic carbocycles. The van der Waals surface area contributed by atoms with Crippen molar-refractivity contribution in [2.45, 2.75) is 0 Å². The first-order valence-corrected chi connectivity index (χ1v) is 9.43. The van der Waals surface area contributed by atoms with Crippen LogP contribution in [0.1, 0.15) is 5.01 Å². The van der Waals surface area contributed by atoms with E-state index in [1.54, 1.807) is 0 Å². The highest BCUT2D eigenvalue weighted by molar-refractivity contribution is 7.12. The van der Waals surface area contributed by atoms with Gasteiger partial charge in [-0.15, -0.1) is 11.3 Å². The molecule has 130 valence electrons. The van der Waals surface area contributed by atoms with Gasteiger partial charge in [-0.2, -0.15) is 10.4 Å². The third-order valence-electron chi connectivity index (χ3n) is 4.00. The van der Waals surface area contributed by atoms with Crippen molar-refractivity contribution in [3.8, 4) is 17.3 Å². The average molecular weight is 389 g/mol. The number of hydrogen-bond donors (Lipinski definition) is 1. The Kier molecular flexibility index (Phi) is 4.84. The summed E-state index contributed by atoms with van der Waals surface area (Å²) in [5.41, 5.74) is 5.75. The van der Waals surface area contributed by atoms with Gasteiger partial charge >= 0.3 is 0 Å². The van der Waals surface area contributed by atoms with E-state index >= 15 is 0 Å². The van der Waals surface area contributed by atoms with Gasteiger partial charge in [0.05, 0.1) is 11.4 Å². The SMILES string of the molecule is N#C/C(=N/Nc1ccc2ccccc2c1)c1nc(-c2ccc(Cl)cc2)cs1. The van der Waals surface area contributed by atoms with E-state index < -0.39 is 0 Å². The van der Waals surface area contributed by atoms with Crippen molar-refractivity contribution in [2.24, 2.45) is 5.10 Å². The fraction of sp³-hybridized carbons (Fsp3) is 0. The minimum atomic E-state index is 0.244. The van der Waals surface area contributed by atoms with Crippen molar-refractivity contribution in [3.05, 3.63) is 82.1 Å². The summed E-state index contributed by atoms with van der Waals surface area (Å²) < 4.78 is 0. The maximum atomic E-state index is 9.47. The number of nitriles is 1. The van der Waals surface area contributed by atoms with Gasteiger partial charge in [-0.05, 0) is 35.0 Å². The number of aromatic nitrogens is 1. The molecule has 0 aliphatic heterocycles. The lowest BCUT2D eigenvalue weighted by Crippen LogP contribution is -2.01. The van der Waals surface area contributed by atoms with Crippen LogP contribution in [0.15, 0.2) is 77.2 Å². The van der Waals surface area contributed by atoms with E-state index in [0.29, 0.717) is 10.0 Å². The minimum Gasteiger partial charge on any atom is -0.277 e. The van der Waals surface area contributed by atoms with Gasteiger partial charge in [-0.25, -0.2) is 4.98 Å². The number of nitrogens with zero attached hydrogens (tertiary/aromatic N) is 3. The minimum absolute atomic E-state index is 0.244. The van der Waals surface area contributed by atoms with E-state index in [0.717, 1.165) is 27.7 Å². The molecular formula is C21H13ClN4S. The molecule has 0 spiro atoms. The van der Waals surface area contributed by atoms with E-state index in [1.165, 1.54) is 11.3 Å². The lowest BCUT2D eigenvalue weighted by atomic mass is 10.1. The highest BCUT2D eigenvalue weighted by atomic mass is 35.5. The number of fused-ring (bicyclic) bond motifs is 1. The number of hydrazone groups is 1. The first kappa shape index (κ1) is 17.2. The van der Waals surface area contributed by atoms with Gasteiger partial charge in [0.1, 0.15) is 6.07 Å². The smallest absolute Gasteiger partial charge is 0.196 e. The van der Waals surface area contributed by atoms with E-state index in [2.05, 4.69) is 27.6 Å². The lowest BCUT2D eigenvalue weighted by molar-refractivity contribution is 1.31. The third-order valence-corrected chi connectivity index (χ3v) is 5.10. The molecule has 0 bridgehead atoms. The lowest BCUT2D eigenvalue weighted by Gasteiger charge is -2.03. The van der Waals surface area contributed by atoms with Crippen LogP contribution in [0.5, 0.6) is 0 Å². The van der Waals surface area contributed by atoms with Gasteiger partial charge in [0.2, 0.25) is 0 Å². The van der Waals surface area contributed by atoms with Crippen LogP contribution in [0.25, 0.3) is 22.0 Å². The summed E-state index contributed by atoms with van der Waals surface area (Å²) >= 11 is 7.31. The fourth-order valence-electron chi connectivity index (χ4n) is 2.64. The quantitative estimate of drug-likeness (QED) is 0.346. The van der Waals surface area contributed by atoms with Crippen LogP contribution < -0.4 is 5.43 Å². The van der Waals surface area contributed by atoms with Crippen LogP contribution >= 0.6 is 22.9 Å². The fourth-order valence-corrected chi connectivity index (χ4v) is 3.53. The summed E-state index contributed by atoms with van der Waals surface area (Å²) in [6, 6.07) is 23.6. The van der Waals surface area contributed by atoms with E-state index in [-0.39, 0.29) is 5.71 Å². The zero-order valence-electron chi connectivity index (χ0n) is 14.1. The topological polar surface area (TPSA) is 61.1 Å². The molecule has 1 N–H and O–H groups in total. The predicted octanol–water partition coefficient (Wildman–Crippen LogP) is 5.96. The summed E-state index contributed by atoms with van der Waals surface area (Å²) in [6.07, 6.45) is 0. The van der Waals surface area contributed by atoms with Crippen molar-refractivity contribution in [3.63, 3.8) is 0 Å². The number of thiazole rings is 1.